The van der Waals surface area contributed by atoms with Gasteiger partial charge in [0.25, 0.3) is 12.5 Å². The van der Waals surface area contributed by atoms with Crippen LogP contribution >= 0.6 is 0 Å². The molecule has 0 unspecified atom stereocenters. The Balaban J connectivity index is 4.74. The molecule has 22 heavy (non-hydrogen) atoms. The zero-order valence-electron chi connectivity index (χ0n) is 13.2. The average Bonchev–Trinajstić information content (AvgIpc) is 2.53. The topological polar surface area (TPSA) is 66.0 Å². The summed E-state index contributed by atoms with van der Waals surface area (Å²) in [7, 11) is 0. The summed E-state index contributed by atoms with van der Waals surface area (Å²) < 4.78 is 9.52. The lowest BCUT2D eigenvalue weighted by atomic mass is 10.1. The van der Waals surface area contributed by atoms with Crippen LogP contribution in [0.25, 0.3) is 0 Å². The van der Waals surface area contributed by atoms with Crippen LogP contribution in [-0.2, 0) is 9.47 Å². The van der Waals surface area contributed by atoms with Gasteiger partial charge < -0.3 is 9.47 Å². The standard InChI is InChI=1S/C18H20N2O2/c1-5-16(9-11-18(7-3)22-14-20)12-15(4)8-10-17(6-2)21-13-19/h5-11H,4,12H2,1-3H3/b10-8-,11-9-,16-5+,17-6+,18-7+. The summed E-state index contributed by atoms with van der Waals surface area (Å²) in [5, 5.41) is 17.0. The minimum atomic E-state index is 0.472. The number of nitrogens with zero attached hydrogens (tertiary/aromatic N) is 2. The Kier molecular flexibility index (Phi) is 10.2. The molecule has 0 rings (SSSR count). The molecular weight excluding hydrogens is 276 g/mol. The van der Waals surface area contributed by atoms with Gasteiger partial charge in [-0.15, -0.1) is 10.5 Å². The maximum Gasteiger partial charge on any atom is 0.292 e. The number of rotatable bonds is 8. The zero-order valence-corrected chi connectivity index (χ0v) is 13.2. The lowest BCUT2D eigenvalue weighted by Gasteiger charge is -2.03. The Labute approximate surface area is 132 Å². The van der Waals surface area contributed by atoms with Crippen molar-refractivity contribution in [2.45, 2.75) is 27.2 Å². The van der Waals surface area contributed by atoms with Crippen LogP contribution in [0, 0.1) is 23.0 Å². The first kappa shape index (κ1) is 19.0. The van der Waals surface area contributed by atoms with Crippen molar-refractivity contribution in [3.63, 3.8) is 0 Å². The van der Waals surface area contributed by atoms with Crippen molar-refractivity contribution in [1.82, 2.24) is 0 Å². The van der Waals surface area contributed by atoms with Crippen LogP contribution in [0.1, 0.15) is 27.2 Å². The van der Waals surface area contributed by atoms with Gasteiger partial charge in [0.05, 0.1) is 0 Å². The summed E-state index contributed by atoms with van der Waals surface area (Å²) in [6.07, 6.45) is 16.3. The van der Waals surface area contributed by atoms with E-state index < -0.39 is 0 Å². The Hall–Kier alpha value is -2.98. The molecule has 0 amide bonds. The third-order valence-electron chi connectivity index (χ3n) is 2.64. The second-order valence-electron chi connectivity index (χ2n) is 4.13. The van der Waals surface area contributed by atoms with Gasteiger partial charge in [-0.2, -0.15) is 0 Å². The van der Waals surface area contributed by atoms with Crippen LogP contribution in [0.4, 0.5) is 0 Å². The highest BCUT2D eigenvalue weighted by molar-refractivity contribution is 5.33. The lowest BCUT2D eigenvalue weighted by molar-refractivity contribution is 0.392. The molecule has 4 heteroatoms. The maximum atomic E-state index is 8.50. The monoisotopic (exact) mass is 296 g/mol. The molecule has 0 aromatic rings. The van der Waals surface area contributed by atoms with Crippen molar-refractivity contribution < 1.29 is 9.47 Å². The van der Waals surface area contributed by atoms with Gasteiger partial charge in [-0.1, -0.05) is 30.4 Å². The fourth-order valence-corrected chi connectivity index (χ4v) is 1.45. The van der Waals surface area contributed by atoms with E-state index in [0.717, 1.165) is 11.1 Å². The number of hydrogen-bond acceptors (Lipinski definition) is 4. The van der Waals surface area contributed by atoms with Crippen LogP contribution < -0.4 is 0 Å². The molecule has 0 aliphatic carbocycles. The number of hydrogen-bond donors (Lipinski definition) is 0. The van der Waals surface area contributed by atoms with Crippen molar-refractivity contribution in [3.8, 4) is 12.5 Å². The Morgan fingerprint density at radius 2 is 1.36 bits per heavy atom. The van der Waals surface area contributed by atoms with E-state index in [1.54, 1.807) is 56.7 Å². The Bertz CT molecular complexity index is 606. The first-order valence-corrected chi connectivity index (χ1v) is 6.74. The number of allylic oxidation sites excluding steroid dienone is 9. The van der Waals surface area contributed by atoms with Gasteiger partial charge in [-0.25, -0.2) is 0 Å². The molecule has 0 aromatic heterocycles. The summed E-state index contributed by atoms with van der Waals surface area (Å²) in [5.41, 5.74) is 1.89. The first-order valence-electron chi connectivity index (χ1n) is 6.74. The number of ether oxygens (including phenoxy) is 2. The summed E-state index contributed by atoms with van der Waals surface area (Å²) in [5.74, 6) is 0.960. The van der Waals surface area contributed by atoms with Gasteiger partial charge in [0, 0.05) is 0 Å². The highest BCUT2D eigenvalue weighted by Crippen LogP contribution is 2.14. The van der Waals surface area contributed by atoms with Crippen molar-refractivity contribution >= 4 is 0 Å². The fraction of sp³-hybridized carbons (Fsp3) is 0.222. The molecule has 0 saturated heterocycles. The largest absolute Gasteiger partial charge is 0.388 e. The van der Waals surface area contributed by atoms with E-state index in [9.17, 15) is 0 Å². The molecule has 0 spiro atoms. The normalized spacial score (nSPS) is 13.0. The molecule has 0 fully saturated rings. The van der Waals surface area contributed by atoms with Crippen LogP contribution in [0.15, 0.2) is 71.8 Å². The number of nitriles is 2. The van der Waals surface area contributed by atoms with Crippen molar-refractivity contribution in [2.24, 2.45) is 0 Å². The predicted octanol–water partition coefficient (Wildman–Crippen LogP) is 4.79. The SMILES string of the molecule is C=C(/C=C\C(=C/C)OC#N)CC(/C=C\C(=C/C)OC#N)=C/C. The highest BCUT2D eigenvalue weighted by atomic mass is 16.5. The van der Waals surface area contributed by atoms with Crippen LogP contribution in [0.5, 0.6) is 0 Å². The molecule has 0 radical (unpaired) electrons. The molecule has 114 valence electrons. The predicted molar refractivity (Wildman–Crippen MR) is 86.7 cm³/mol. The van der Waals surface area contributed by atoms with E-state index in [4.69, 9.17) is 20.0 Å². The van der Waals surface area contributed by atoms with Crippen molar-refractivity contribution in [3.05, 3.63) is 71.8 Å². The molecule has 0 aliphatic heterocycles. The van der Waals surface area contributed by atoms with E-state index in [0.29, 0.717) is 17.9 Å². The first-order chi connectivity index (χ1) is 10.6. The zero-order chi connectivity index (χ0) is 16.8. The van der Waals surface area contributed by atoms with E-state index >= 15 is 0 Å². The molecule has 0 heterocycles. The Morgan fingerprint density at radius 1 is 0.864 bits per heavy atom. The van der Waals surface area contributed by atoms with E-state index in [1.165, 1.54) is 0 Å². The summed E-state index contributed by atoms with van der Waals surface area (Å²) in [4.78, 5) is 0. The van der Waals surface area contributed by atoms with Gasteiger partial charge in [-0.3, -0.25) is 0 Å². The molecular formula is C18H20N2O2. The molecule has 0 bridgehead atoms. The maximum absolute atomic E-state index is 8.50. The van der Waals surface area contributed by atoms with E-state index in [-0.39, 0.29) is 0 Å². The lowest BCUT2D eigenvalue weighted by Crippen LogP contribution is -1.85. The summed E-state index contributed by atoms with van der Waals surface area (Å²) in [6, 6.07) is 0. The van der Waals surface area contributed by atoms with Crippen LogP contribution in [0.2, 0.25) is 0 Å². The van der Waals surface area contributed by atoms with Gasteiger partial charge in [0.1, 0.15) is 11.5 Å². The van der Waals surface area contributed by atoms with E-state index in [2.05, 4.69) is 6.58 Å². The second-order valence-corrected chi connectivity index (χ2v) is 4.13. The molecule has 0 N–H and O–H groups in total. The molecule has 0 atom stereocenters. The molecule has 0 aliphatic rings. The summed E-state index contributed by atoms with van der Waals surface area (Å²) >= 11 is 0. The highest BCUT2D eigenvalue weighted by Gasteiger charge is 1.97. The minimum Gasteiger partial charge on any atom is -0.388 e. The van der Waals surface area contributed by atoms with Crippen molar-refractivity contribution in [2.75, 3.05) is 0 Å². The minimum absolute atomic E-state index is 0.472. The second kappa shape index (κ2) is 11.8. The van der Waals surface area contributed by atoms with Gasteiger partial charge in [0.15, 0.2) is 0 Å². The van der Waals surface area contributed by atoms with E-state index in [1.807, 2.05) is 19.1 Å². The Morgan fingerprint density at radius 3 is 1.77 bits per heavy atom. The molecule has 0 saturated carbocycles. The van der Waals surface area contributed by atoms with Gasteiger partial charge in [-0.05, 0) is 57.1 Å². The summed E-state index contributed by atoms with van der Waals surface area (Å²) in [6.45, 7) is 9.47. The van der Waals surface area contributed by atoms with Gasteiger partial charge in [0.2, 0.25) is 0 Å². The molecule has 4 nitrogen and oxygen atoms in total. The quantitative estimate of drug-likeness (QED) is 0.367. The van der Waals surface area contributed by atoms with Crippen LogP contribution in [0.3, 0.4) is 0 Å². The molecule has 0 aromatic carbocycles. The fourth-order valence-electron chi connectivity index (χ4n) is 1.45. The van der Waals surface area contributed by atoms with Gasteiger partial charge >= 0.3 is 0 Å². The average molecular weight is 296 g/mol. The van der Waals surface area contributed by atoms with Crippen molar-refractivity contribution in [1.29, 1.82) is 10.5 Å². The van der Waals surface area contributed by atoms with Crippen LogP contribution in [-0.4, -0.2) is 0 Å². The smallest absolute Gasteiger partial charge is 0.292 e. The third-order valence-corrected chi connectivity index (χ3v) is 2.64. The third kappa shape index (κ3) is 8.24.